The van der Waals surface area contributed by atoms with E-state index in [1.165, 1.54) is 11.8 Å². The van der Waals surface area contributed by atoms with E-state index in [0.29, 0.717) is 12.8 Å². The molecule has 0 saturated carbocycles. The van der Waals surface area contributed by atoms with E-state index in [0.717, 1.165) is 12.8 Å². The number of alkyl halides is 3. The molecule has 2 aliphatic rings. The van der Waals surface area contributed by atoms with Crippen LogP contribution in [-0.4, -0.2) is 35.0 Å². The first-order valence-corrected chi connectivity index (χ1v) is 5.25. The average molecular weight is 221 g/mol. The fourth-order valence-corrected chi connectivity index (χ4v) is 2.81. The summed E-state index contributed by atoms with van der Waals surface area (Å²) in [6.45, 7) is 1.20. The smallest absolute Gasteiger partial charge is 0.300 e. The number of fused-ring (bicyclic) bond motifs is 2. The van der Waals surface area contributed by atoms with Gasteiger partial charge in [-0.2, -0.15) is 13.2 Å². The van der Waals surface area contributed by atoms with Crippen molar-refractivity contribution in [3.05, 3.63) is 0 Å². The Labute approximate surface area is 86.4 Å². The Bertz CT molecular complexity index is 260. The minimum Gasteiger partial charge on any atom is -0.300 e. The van der Waals surface area contributed by atoms with E-state index in [-0.39, 0.29) is 17.9 Å². The van der Waals surface area contributed by atoms with Crippen LogP contribution in [0.4, 0.5) is 13.2 Å². The highest BCUT2D eigenvalue weighted by Crippen LogP contribution is 2.39. The van der Waals surface area contributed by atoms with Crippen LogP contribution in [-0.2, 0) is 4.79 Å². The molecule has 5 heteroatoms. The molecule has 2 nitrogen and oxygen atoms in total. The molecule has 3 unspecified atom stereocenters. The van der Waals surface area contributed by atoms with Gasteiger partial charge in [0.15, 0.2) is 0 Å². The van der Waals surface area contributed by atoms with E-state index < -0.39 is 12.2 Å². The molecule has 0 amide bonds. The monoisotopic (exact) mass is 221 g/mol. The first-order chi connectivity index (χ1) is 6.89. The van der Waals surface area contributed by atoms with Crippen molar-refractivity contribution < 1.29 is 18.0 Å². The molecule has 0 spiro atoms. The second-order valence-electron chi connectivity index (χ2n) is 4.50. The van der Waals surface area contributed by atoms with E-state index in [4.69, 9.17) is 0 Å². The Balaban J connectivity index is 2.14. The molecule has 2 rings (SSSR count). The predicted molar refractivity (Wildman–Crippen MR) is 48.4 cm³/mol. The Kier molecular flexibility index (Phi) is 2.53. The molecule has 2 bridgehead atoms. The molecule has 2 heterocycles. The number of nitrogens with zero attached hydrogens (tertiary/aromatic N) is 1. The van der Waals surface area contributed by atoms with Crippen molar-refractivity contribution in [1.29, 1.82) is 0 Å². The van der Waals surface area contributed by atoms with Gasteiger partial charge in [-0.25, -0.2) is 0 Å². The quantitative estimate of drug-likeness (QED) is 0.676. The lowest BCUT2D eigenvalue weighted by Crippen LogP contribution is -2.53. The lowest BCUT2D eigenvalue weighted by molar-refractivity contribution is -0.190. The minimum absolute atomic E-state index is 0.119. The maximum Gasteiger partial charge on any atom is 0.403 e. The molecular formula is C10H14F3NO. The number of ketones is 1. The second-order valence-corrected chi connectivity index (χ2v) is 4.50. The highest BCUT2D eigenvalue weighted by atomic mass is 19.4. The molecule has 0 N–H and O–H groups in total. The molecule has 0 aromatic heterocycles. The van der Waals surface area contributed by atoms with Gasteiger partial charge in [0.05, 0.1) is 0 Å². The van der Waals surface area contributed by atoms with Crippen LogP contribution in [0.5, 0.6) is 0 Å². The molecule has 15 heavy (non-hydrogen) atoms. The third-order valence-electron chi connectivity index (χ3n) is 3.52. The molecule has 3 atom stereocenters. The minimum atomic E-state index is -4.18. The Morgan fingerprint density at radius 3 is 2.13 bits per heavy atom. The summed E-state index contributed by atoms with van der Waals surface area (Å²) in [5.41, 5.74) is 0. The Hall–Kier alpha value is -0.580. The maximum absolute atomic E-state index is 12.6. The Morgan fingerprint density at radius 1 is 1.27 bits per heavy atom. The number of rotatable bonds is 1. The molecule has 0 radical (unpaired) electrons. The molecule has 86 valence electrons. The van der Waals surface area contributed by atoms with E-state index in [2.05, 4.69) is 0 Å². The van der Waals surface area contributed by atoms with Gasteiger partial charge in [0.25, 0.3) is 0 Å². The zero-order valence-electron chi connectivity index (χ0n) is 8.55. The van der Waals surface area contributed by atoms with E-state index in [9.17, 15) is 18.0 Å². The summed E-state index contributed by atoms with van der Waals surface area (Å²) in [5, 5.41) is 0. The first-order valence-electron chi connectivity index (χ1n) is 5.25. The van der Waals surface area contributed by atoms with Crippen LogP contribution >= 0.6 is 0 Å². The van der Waals surface area contributed by atoms with Crippen molar-refractivity contribution >= 4 is 5.78 Å². The second kappa shape index (κ2) is 3.47. The van der Waals surface area contributed by atoms with Crippen LogP contribution in [0.1, 0.15) is 32.6 Å². The summed E-state index contributed by atoms with van der Waals surface area (Å²) in [6, 6.07) is -1.76. The summed E-state index contributed by atoms with van der Waals surface area (Å²) in [6.07, 6.45) is -2.11. The number of hydrogen-bond donors (Lipinski definition) is 0. The van der Waals surface area contributed by atoms with Gasteiger partial charge in [-0.3, -0.25) is 9.69 Å². The van der Waals surface area contributed by atoms with Crippen molar-refractivity contribution in [2.24, 2.45) is 0 Å². The highest BCUT2D eigenvalue weighted by molar-refractivity contribution is 5.81. The van der Waals surface area contributed by atoms with Crippen LogP contribution < -0.4 is 0 Å². The van der Waals surface area contributed by atoms with E-state index in [1.807, 2.05) is 0 Å². The van der Waals surface area contributed by atoms with Gasteiger partial charge in [0, 0.05) is 24.9 Å². The van der Waals surface area contributed by atoms with Gasteiger partial charge < -0.3 is 0 Å². The third kappa shape index (κ3) is 1.89. The van der Waals surface area contributed by atoms with Crippen molar-refractivity contribution in [3.8, 4) is 0 Å². The number of hydrogen-bond acceptors (Lipinski definition) is 2. The standard InChI is InChI=1S/C10H14F3NO/c1-6(10(11,12)13)14-7-2-3-8(14)5-9(15)4-7/h6-8H,2-5H2,1H3. The highest BCUT2D eigenvalue weighted by Gasteiger charge is 2.50. The van der Waals surface area contributed by atoms with Crippen LogP contribution in [0, 0.1) is 0 Å². The summed E-state index contributed by atoms with van der Waals surface area (Å²) in [4.78, 5) is 12.7. The van der Waals surface area contributed by atoms with E-state index in [1.54, 1.807) is 0 Å². The van der Waals surface area contributed by atoms with Crippen molar-refractivity contribution in [2.75, 3.05) is 0 Å². The number of halogens is 3. The lowest BCUT2D eigenvalue weighted by Gasteiger charge is -2.39. The van der Waals surface area contributed by atoms with Crippen molar-refractivity contribution in [2.45, 2.75) is 56.9 Å². The molecule has 0 aliphatic carbocycles. The Morgan fingerprint density at radius 2 is 1.73 bits per heavy atom. The van der Waals surface area contributed by atoms with Crippen LogP contribution in [0.3, 0.4) is 0 Å². The SMILES string of the molecule is CC(N1C2CCC1CC(=O)C2)C(F)(F)F. The van der Waals surface area contributed by atoms with Gasteiger partial charge >= 0.3 is 6.18 Å². The van der Waals surface area contributed by atoms with Gasteiger partial charge in [0.1, 0.15) is 11.8 Å². The van der Waals surface area contributed by atoms with Crippen molar-refractivity contribution in [3.63, 3.8) is 0 Å². The summed E-state index contributed by atoms with van der Waals surface area (Å²) in [5.74, 6) is 0.119. The number of carbonyl (C=O) groups excluding carboxylic acids is 1. The van der Waals surface area contributed by atoms with Crippen molar-refractivity contribution in [1.82, 2.24) is 4.90 Å². The average Bonchev–Trinajstić information content (AvgIpc) is 2.35. The summed E-state index contributed by atoms with van der Waals surface area (Å²) >= 11 is 0. The molecule has 2 fully saturated rings. The largest absolute Gasteiger partial charge is 0.403 e. The fraction of sp³-hybridized carbons (Fsp3) is 0.900. The lowest BCUT2D eigenvalue weighted by atomic mass is 9.99. The number of carbonyl (C=O) groups is 1. The molecule has 2 saturated heterocycles. The first kappa shape index (κ1) is 10.9. The van der Waals surface area contributed by atoms with Crippen LogP contribution in [0.2, 0.25) is 0 Å². The maximum atomic E-state index is 12.6. The number of Topliss-reactive ketones (excluding diaryl/α,β-unsaturated/α-hetero) is 1. The molecule has 2 aliphatic heterocycles. The fourth-order valence-electron chi connectivity index (χ4n) is 2.81. The van der Waals surface area contributed by atoms with Crippen LogP contribution in [0.25, 0.3) is 0 Å². The van der Waals surface area contributed by atoms with Crippen LogP contribution in [0.15, 0.2) is 0 Å². The molecule has 0 aromatic carbocycles. The predicted octanol–water partition coefficient (Wildman–Crippen LogP) is 2.13. The zero-order valence-corrected chi connectivity index (χ0v) is 8.55. The summed E-state index contributed by atoms with van der Waals surface area (Å²) < 4.78 is 37.7. The third-order valence-corrected chi connectivity index (χ3v) is 3.52. The zero-order chi connectivity index (χ0) is 11.2. The molecular weight excluding hydrogens is 207 g/mol. The molecule has 0 aromatic rings. The van der Waals surface area contributed by atoms with E-state index >= 15 is 0 Å². The normalized spacial score (nSPS) is 34.5. The van der Waals surface area contributed by atoms with Gasteiger partial charge in [0.2, 0.25) is 0 Å². The van der Waals surface area contributed by atoms with Gasteiger partial charge in [-0.05, 0) is 19.8 Å². The summed E-state index contributed by atoms with van der Waals surface area (Å²) in [7, 11) is 0. The number of piperidine rings is 1. The van der Waals surface area contributed by atoms with Gasteiger partial charge in [-0.1, -0.05) is 0 Å². The topological polar surface area (TPSA) is 20.3 Å². The van der Waals surface area contributed by atoms with Gasteiger partial charge in [-0.15, -0.1) is 0 Å².